The zero-order chi connectivity index (χ0) is 19.1. The van der Waals surface area contributed by atoms with E-state index in [1.165, 1.54) is 12.3 Å². The Morgan fingerprint density at radius 1 is 1.28 bits per heavy atom. The van der Waals surface area contributed by atoms with Gasteiger partial charge in [0.05, 0.1) is 17.9 Å². The molecule has 0 radical (unpaired) electrons. The zero-order valence-electron chi connectivity index (χ0n) is 16.2. The summed E-state index contributed by atoms with van der Waals surface area (Å²) in [4.78, 5) is 18.4. The number of aryl methyl sites for hydroxylation is 1. The molecule has 2 aromatic rings. The number of nitrogens with zero attached hydrogens (tertiary/aromatic N) is 2. The highest BCUT2D eigenvalue weighted by Crippen LogP contribution is 2.24. The smallest absolute Gasteiger partial charge is 0.223 e. The summed E-state index contributed by atoms with van der Waals surface area (Å²) in [5.74, 6) is 0.557. The molecule has 1 saturated heterocycles. The number of amides is 1. The van der Waals surface area contributed by atoms with Gasteiger partial charge >= 0.3 is 0 Å². The zero-order valence-corrected chi connectivity index (χ0v) is 17.9. The number of oxazole rings is 1. The van der Waals surface area contributed by atoms with Gasteiger partial charge in [-0.2, -0.15) is 0 Å². The Morgan fingerprint density at radius 2 is 2.00 bits per heavy atom. The van der Waals surface area contributed by atoms with Crippen LogP contribution in [0.5, 0.6) is 0 Å². The molecule has 0 spiro atoms. The van der Waals surface area contributed by atoms with E-state index in [0.717, 1.165) is 19.3 Å². The molecular formula is C20H28Cl2FN3O3. The number of ether oxygens (including phenoxy) is 1. The molecule has 2 heterocycles. The quantitative estimate of drug-likeness (QED) is 0.624. The molecule has 0 atom stereocenters. The lowest BCUT2D eigenvalue weighted by atomic mass is 10.1. The second-order valence-electron chi connectivity index (χ2n) is 6.69. The summed E-state index contributed by atoms with van der Waals surface area (Å²) in [6, 6.07) is 6.39. The van der Waals surface area contributed by atoms with Crippen LogP contribution in [0.25, 0.3) is 11.3 Å². The molecule has 29 heavy (non-hydrogen) atoms. The highest BCUT2D eigenvalue weighted by molar-refractivity contribution is 5.85. The number of aromatic nitrogens is 1. The summed E-state index contributed by atoms with van der Waals surface area (Å²) in [6.07, 6.45) is 5.03. The number of halogens is 3. The Hall–Kier alpha value is -1.67. The van der Waals surface area contributed by atoms with Gasteiger partial charge in [-0.25, -0.2) is 9.37 Å². The number of nitrogens with two attached hydrogens (primary N) is 1. The van der Waals surface area contributed by atoms with Gasteiger partial charge in [-0.3, -0.25) is 4.79 Å². The fraction of sp³-hybridized carbons (Fsp3) is 0.500. The summed E-state index contributed by atoms with van der Waals surface area (Å²) in [6.45, 7) is 2.73. The maximum absolute atomic E-state index is 13.8. The van der Waals surface area contributed by atoms with Crippen molar-refractivity contribution < 1.29 is 18.3 Å². The third kappa shape index (κ3) is 7.26. The molecule has 1 aromatic carbocycles. The van der Waals surface area contributed by atoms with Crippen LogP contribution in [0.2, 0.25) is 0 Å². The van der Waals surface area contributed by atoms with Crippen molar-refractivity contribution >= 4 is 30.7 Å². The Balaban J connectivity index is 0.00000210. The van der Waals surface area contributed by atoms with Crippen molar-refractivity contribution in [2.45, 2.75) is 38.2 Å². The second-order valence-corrected chi connectivity index (χ2v) is 6.69. The standard InChI is InChI=1S/C20H26FN3O3.2ClH/c21-17-5-2-1-4-16(17)18-14-23-19(27-18)6-7-20(25)24-11-8-15(9-12-24)26-13-3-10-22;;/h1-2,4-5,14-15H,3,6-13,22H2;2*1H. The van der Waals surface area contributed by atoms with Crippen LogP contribution in [0, 0.1) is 5.82 Å². The summed E-state index contributed by atoms with van der Waals surface area (Å²) < 4.78 is 25.2. The summed E-state index contributed by atoms with van der Waals surface area (Å²) in [5, 5.41) is 0. The Bertz CT molecular complexity index is 752. The van der Waals surface area contributed by atoms with E-state index in [9.17, 15) is 9.18 Å². The molecule has 0 unspecified atom stereocenters. The number of carbonyl (C=O) groups excluding carboxylic acids is 1. The van der Waals surface area contributed by atoms with Gasteiger partial charge in [0.25, 0.3) is 0 Å². The van der Waals surface area contributed by atoms with Crippen LogP contribution >= 0.6 is 24.8 Å². The van der Waals surface area contributed by atoms with Gasteiger partial charge in [0.2, 0.25) is 5.91 Å². The molecule has 6 nitrogen and oxygen atoms in total. The van der Waals surface area contributed by atoms with Crippen molar-refractivity contribution in [3.63, 3.8) is 0 Å². The van der Waals surface area contributed by atoms with Crippen molar-refractivity contribution in [3.05, 3.63) is 42.2 Å². The molecule has 162 valence electrons. The van der Waals surface area contributed by atoms with Crippen LogP contribution in [0.3, 0.4) is 0 Å². The highest BCUT2D eigenvalue weighted by atomic mass is 35.5. The minimum Gasteiger partial charge on any atom is -0.441 e. The van der Waals surface area contributed by atoms with E-state index in [0.29, 0.717) is 56.3 Å². The fourth-order valence-corrected chi connectivity index (χ4v) is 3.19. The van der Waals surface area contributed by atoms with E-state index in [1.807, 2.05) is 4.90 Å². The van der Waals surface area contributed by atoms with Crippen molar-refractivity contribution in [2.24, 2.45) is 5.73 Å². The molecule has 0 bridgehead atoms. The first kappa shape index (κ1) is 25.4. The Morgan fingerprint density at radius 3 is 2.69 bits per heavy atom. The van der Waals surface area contributed by atoms with Crippen molar-refractivity contribution in [1.29, 1.82) is 0 Å². The van der Waals surface area contributed by atoms with E-state index in [4.69, 9.17) is 14.9 Å². The van der Waals surface area contributed by atoms with Crippen molar-refractivity contribution in [3.8, 4) is 11.3 Å². The summed E-state index contributed by atoms with van der Waals surface area (Å²) in [7, 11) is 0. The first-order chi connectivity index (χ1) is 13.2. The molecule has 1 amide bonds. The molecule has 9 heteroatoms. The lowest BCUT2D eigenvalue weighted by Gasteiger charge is -2.32. The minimum atomic E-state index is -0.354. The third-order valence-electron chi connectivity index (χ3n) is 4.74. The van der Waals surface area contributed by atoms with E-state index < -0.39 is 0 Å². The van der Waals surface area contributed by atoms with Gasteiger partial charge in [-0.15, -0.1) is 24.8 Å². The van der Waals surface area contributed by atoms with E-state index in [-0.39, 0.29) is 42.6 Å². The Kier molecular flexibility index (Phi) is 11.2. The molecule has 1 aliphatic rings. The van der Waals surface area contributed by atoms with Crippen molar-refractivity contribution in [2.75, 3.05) is 26.2 Å². The number of rotatable bonds is 8. The number of piperidine rings is 1. The van der Waals surface area contributed by atoms with Gasteiger partial charge in [0, 0.05) is 32.5 Å². The topological polar surface area (TPSA) is 81.6 Å². The van der Waals surface area contributed by atoms with E-state index in [2.05, 4.69) is 4.98 Å². The van der Waals surface area contributed by atoms with Gasteiger partial charge in [0.15, 0.2) is 11.7 Å². The van der Waals surface area contributed by atoms with Crippen LogP contribution in [0.4, 0.5) is 4.39 Å². The van der Waals surface area contributed by atoms with Crippen LogP contribution in [0.15, 0.2) is 34.9 Å². The molecule has 1 aliphatic heterocycles. The number of carbonyl (C=O) groups is 1. The molecule has 0 saturated carbocycles. The molecule has 0 aliphatic carbocycles. The number of hydrogen-bond acceptors (Lipinski definition) is 5. The van der Waals surface area contributed by atoms with Crippen LogP contribution in [0.1, 0.15) is 31.6 Å². The normalized spacial score (nSPS) is 14.2. The molecular weight excluding hydrogens is 420 g/mol. The lowest BCUT2D eigenvalue weighted by molar-refractivity contribution is -0.133. The molecule has 2 N–H and O–H groups in total. The first-order valence-electron chi connectivity index (χ1n) is 9.46. The highest BCUT2D eigenvalue weighted by Gasteiger charge is 2.23. The number of benzene rings is 1. The SMILES string of the molecule is Cl.Cl.NCCCOC1CCN(C(=O)CCc2ncc(-c3ccccc3F)o2)CC1. The van der Waals surface area contributed by atoms with E-state index >= 15 is 0 Å². The van der Waals surface area contributed by atoms with Gasteiger partial charge in [-0.05, 0) is 37.9 Å². The Labute approximate surface area is 182 Å². The van der Waals surface area contributed by atoms with Crippen LogP contribution in [-0.2, 0) is 16.0 Å². The van der Waals surface area contributed by atoms with Gasteiger partial charge in [-0.1, -0.05) is 12.1 Å². The molecule has 1 aromatic heterocycles. The third-order valence-corrected chi connectivity index (χ3v) is 4.74. The van der Waals surface area contributed by atoms with Crippen LogP contribution < -0.4 is 5.73 Å². The summed E-state index contributed by atoms with van der Waals surface area (Å²) in [5.41, 5.74) is 5.84. The fourth-order valence-electron chi connectivity index (χ4n) is 3.19. The average Bonchev–Trinajstić information content (AvgIpc) is 3.16. The lowest BCUT2D eigenvalue weighted by Crippen LogP contribution is -2.41. The van der Waals surface area contributed by atoms with Crippen molar-refractivity contribution in [1.82, 2.24) is 9.88 Å². The number of likely N-dealkylation sites (tertiary alicyclic amines) is 1. The minimum absolute atomic E-state index is 0. The first-order valence-corrected chi connectivity index (χ1v) is 9.46. The second kappa shape index (κ2) is 12.8. The molecule has 1 fully saturated rings. The van der Waals surface area contributed by atoms with Gasteiger partial charge in [0.1, 0.15) is 5.82 Å². The number of hydrogen-bond donors (Lipinski definition) is 1. The predicted octanol–water partition coefficient (Wildman–Crippen LogP) is 3.61. The van der Waals surface area contributed by atoms with Crippen LogP contribution in [-0.4, -0.2) is 48.1 Å². The predicted molar refractivity (Wildman–Crippen MR) is 114 cm³/mol. The average molecular weight is 448 g/mol. The monoisotopic (exact) mass is 447 g/mol. The maximum atomic E-state index is 13.8. The largest absolute Gasteiger partial charge is 0.441 e. The van der Waals surface area contributed by atoms with E-state index in [1.54, 1.807) is 18.2 Å². The maximum Gasteiger partial charge on any atom is 0.223 e. The molecule has 3 rings (SSSR count). The summed E-state index contributed by atoms with van der Waals surface area (Å²) >= 11 is 0. The van der Waals surface area contributed by atoms with Gasteiger partial charge < -0.3 is 19.8 Å².